The Labute approximate surface area is 331 Å². The van der Waals surface area contributed by atoms with Crippen LogP contribution in [0.3, 0.4) is 0 Å². The zero-order valence-corrected chi connectivity index (χ0v) is 33.5. The molecule has 8 rings (SSSR count). The van der Waals surface area contributed by atoms with Crippen molar-refractivity contribution in [1.82, 2.24) is 25.2 Å². The normalized spacial score (nSPS) is 30.3. The van der Waals surface area contributed by atoms with E-state index in [1.165, 1.54) is 4.90 Å². The molecule has 4 amide bonds. The molecule has 1 aromatic heterocycles. The van der Waals surface area contributed by atoms with Gasteiger partial charge in [-0.25, -0.2) is 27.0 Å². The summed E-state index contributed by atoms with van der Waals surface area (Å²) >= 11 is 0. The third kappa shape index (κ3) is 7.35. The van der Waals surface area contributed by atoms with Gasteiger partial charge in [-0.1, -0.05) is 31.9 Å². The number of aryl methyl sites for hydroxylation is 2. The van der Waals surface area contributed by atoms with Gasteiger partial charge in [-0.05, 0) is 90.5 Å². The molecule has 57 heavy (non-hydrogen) atoms. The number of sulfonamides is 1. The van der Waals surface area contributed by atoms with Gasteiger partial charge in [-0.15, -0.1) is 0 Å². The van der Waals surface area contributed by atoms with Crippen LogP contribution < -0.4 is 20.1 Å². The molecule has 1 saturated heterocycles. The van der Waals surface area contributed by atoms with Gasteiger partial charge in [0.1, 0.15) is 29.0 Å². The molecule has 5 atom stereocenters. The van der Waals surface area contributed by atoms with Crippen molar-refractivity contribution in [2.45, 2.75) is 139 Å². The minimum absolute atomic E-state index is 0.00334. The van der Waals surface area contributed by atoms with Crippen molar-refractivity contribution in [2.24, 2.45) is 11.3 Å². The van der Waals surface area contributed by atoms with Gasteiger partial charge in [0, 0.05) is 34.8 Å². The number of rotatable bonds is 6. The van der Waals surface area contributed by atoms with Gasteiger partial charge >= 0.3 is 6.09 Å². The number of nitrogens with zero attached hydrogens (tertiary/aromatic N) is 2. The van der Waals surface area contributed by atoms with E-state index in [1.807, 2.05) is 19.1 Å². The molecular weight excluding hydrogens is 761 g/mol. The van der Waals surface area contributed by atoms with Crippen LogP contribution in [0.4, 0.5) is 13.6 Å². The highest BCUT2D eigenvalue weighted by Gasteiger charge is 2.59. The molecule has 3 N–H and O–H groups in total. The fraction of sp³-hybridized carbons (Fsp3) is 0.634. The van der Waals surface area contributed by atoms with E-state index in [9.17, 15) is 36.4 Å². The molecule has 2 aromatic rings. The van der Waals surface area contributed by atoms with Crippen LogP contribution in [0.15, 0.2) is 24.3 Å². The van der Waals surface area contributed by atoms with E-state index < -0.39 is 79.4 Å². The standard InChI is InChI=1S/C41H51F2N5O8S/c1-24-33-26(27-19-28(42)29(43)20-31(27)44-24)12-13-40(56-33)21-32-34(49)46-41(36(51)47-57(53,54)39(3)17-18-39)14-11-25(41)9-7-5-4-6-8-10-30(35(50)48(32)22-40)45-37(52)55-23-38(2)15-16-38/h7,9,19-20,25,30,32H,4-6,8,10-18,21-23H2,1-3H3,(H,45,52)(H,46,49)(H,47,51). The fourth-order valence-corrected chi connectivity index (χ4v) is 10.2. The minimum atomic E-state index is -4.04. The number of pyridine rings is 1. The quantitative estimate of drug-likeness (QED) is 0.333. The van der Waals surface area contributed by atoms with Crippen LogP contribution in [0.1, 0.15) is 109 Å². The lowest BCUT2D eigenvalue weighted by molar-refractivity contribution is -0.144. The van der Waals surface area contributed by atoms with Crippen LogP contribution in [-0.2, 0) is 35.6 Å². The summed E-state index contributed by atoms with van der Waals surface area (Å²) in [4.78, 5) is 62.8. The van der Waals surface area contributed by atoms with Crippen LogP contribution in [0.2, 0.25) is 0 Å². The van der Waals surface area contributed by atoms with Crippen molar-refractivity contribution >= 4 is 44.7 Å². The molecule has 3 aliphatic carbocycles. The van der Waals surface area contributed by atoms with Gasteiger partial charge in [-0.3, -0.25) is 19.1 Å². The van der Waals surface area contributed by atoms with E-state index in [1.54, 1.807) is 13.8 Å². The second kappa shape index (κ2) is 14.2. The number of halogens is 2. The lowest BCUT2D eigenvalue weighted by atomic mass is 9.65. The van der Waals surface area contributed by atoms with Gasteiger partial charge < -0.3 is 25.0 Å². The Morgan fingerprint density at radius 2 is 1.79 bits per heavy atom. The average molecular weight is 812 g/mol. The number of hydrogen-bond donors (Lipinski definition) is 3. The molecular formula is C41H51F2N5O8S. The molecule has 4 fully saturated rings. The summed E-state index contributed by atoms with van der Waals surface area (Å²) in [6.45, 7) is 5.46. The lowest BCUT2D eigenvalue weighted by Crippen LogP contribution is -2.70. The molecule has 4 heterocycles. The van der Waals surface area contributed by atoms with Crippen molar-refractivity contribution in [2.75, 3.05) is 13.2 Å². The Bertz CT molecular complexity index is 2170. The van der Waals surface area contributed by atoms with Gasteiger partial charge in [0.2, 0.25) is 21.8 Å². The maximum atomic E-state index is 14.8. The van der Waals surface area contributed by atoms with E-state index in [2.05, 4.69) is 20.3 Å². The van der Waals surface area contributed by atoms with Crippen molar-refractivity contribution in [3.05, 3.63) is 47.2 Å². The molecule has 1 aromatic carbocycles. The molecule has 3 aliphatic heterocycles. The summed E-state index contributed by atoms with van der Waals surface area (Å²) in [5.74, 6) is -4.14. The third-order valence-corrected chi connectivity index (χ3v) is 15.6. The van der Waals surface area contributed by atoms with Crippen LogP contribution in [0, 0.1) is 29.9 Å². The van der Waals surface area contributed by atoms with Gasteiger partial charge in [0.15, 0.2) is 11.6 Å². The molecule has 6 aliphatic rings. The first-order chi connectivity index (χ1) is 27.0. The first kappa shape index (κ1) is 39.5. The van der Waals surface area contributed by atoms with Crippen molar-refractivity contribution in [1.29, 1.82) is 0 Å². The molecule has 13 nitrogen and oxygen atoms in total. The lowest BCUT2D eigenvalue weighted by Gasteiger charge is -2.48. The Morgan fingerprint density at radius 3 is 2.49 bits per heavy atom. The zero-order chi connectivity index (χ0) is 40.5. The number of carbonyl (C=O) groups is 4. The number of alkyl carbamates (subject to hydrolysis) is 1. The highest BCUT2D eigenvalue weighted by Crippen LogP contribution is 2.48. The number of allylic oxidation sites excluding steroid dienone is 1. The number of aromatic nitrogens is 1. The Hall–Kier alpha value is -4.34. The number of amides is 4. The maximum Gasteiger partial charge on any atom is 0.407 e. The van der Waals surface area contributed by atoms with Crippen molar-refractivity contribution in [3.63, 3.8) is 0 Å². The van der Waals surface area contributed by atoms with Crippen molar-refractivity contribution in [3.8, 4) is 5.75 Å². The predicted octanol–water partition coefficient (Wildman–Crippen LogP) is 5.16. The molecule has 0 bridgehead atoms. The largest absolute Gasteiger partial charge is 0.483 e. The molecule has 16 heteroatoms. The second-order valence-electron chi connectivity index (χ2n) is 17.9. The summed E-state index contributed by atoms with van der Waals surface area (Å²) in [5, 5.41) is 6.15. The fourth-order valence-electron chi connectivity index (χ4n) is 8.84. The zero-order valence-electron chi connectivity index (χ0n) is 32.7. The minimum Gasteiger partial charge on any atom is -0.483 e. The molecule has 308 valence electrons. The smallest absolute Gasteiger partial charge is 0.407 e. The number of benzene rings is 1. The first-order valence-electron chi connectivity index (χ1n) is 20.2. The number of fused-ring (bicyclic) bond motifs is 5. The van der Waals surface area contributed by atoms with Crippen LogP contribution in [-0.4, -0.2) is 83.2 Å². The van der Waals surface area contributed by atoms with E-state index in [0.717, 1.165) is 37.8 Å². The SMILES string of the molecule is Cc1nc2cc(F)c(F)cc2c2c1OC1(CC2)CC2C(=O)NC3(C(=O)NS(=O)(=O)C4(C)CC4)CCC3C=CCCCCCC(NC(=O)OCC3(C)CC3)C(=O)N2C1. The number of ether oxygens (including phenoxy) is 2. The van der Waals surface area contributed by atoms with Crippen LogP contribution >= 0.6 is 0 Å². The summed E-state index contributed by atoms with van der Waals surface area (Å²) in [5.41, 5.74) is -1.45. The molecule has 5 unspecified atom stereocenters. The highest BCUT2D eigenvalue weighted by atomic mass is 32.2. The van der Waals surface area contributed by atoms with E-state index in [-0.39, 0.29) is 36.9 Å². The Balaban J connectivity index is 1.14. The topological polar surface area (TPSA) is 173 Å². The van der Waals surface area contributed by atoms with Crippen molar-refractivity contribution < 1.29 is 45.9 Å². The van der Waals surface area contributed by atoms with E-state index >= 15 is 0 Å². The molecule has 3 saturated carbocycles. The van der Waals surface area contributed by atoms with Crippen LogP contribution in [0.5, 0.6) is 5.75 Å². The highest BCUT2D eigenvalue weighted by molar-refractivity contribution is 7.91. The monoisotopic (exact) mass is 811 g/mol. The first-order valence-corrected chi connectivity index (χ1v) is 21.7. The van der Waals surface area contributed by atoms with E-state index in [4.69, 9.17) is 9.47 Å². The average Bonchev–Trinajstić information content (AvgIpc) is 4.06. The summed E-state index contributed by atoms with van der Waals surface area (Å²) < 4.78 is 68.8. The number of carbonyl (C=O) groups excluding carboxylic acids is 4. The Morgan fingerprint density at radius 1 is 1.04 bits per heavy atom. The number of nitrogens with one attached hydrogen (secondary N) is 3. The number of hydrogen-bond acceptors (Lipinski definition) is 9. The summed E-state index contributed by atoms with van der Waals surface area (Å²) in [6, 6.07) is -0.0623. The summed E-state index contributed by atoms with van der Waals surface area (Å²) in [7, 11) is -4.04. The van der Waals surface area contributed by atoms with Gasteiger partial charge in [-0.2, -0.15) is 0 Å². The third-order valence-electron chi connectivity index (χ3n) is 13.4. The molecule has 1 spiro atoms. The van der Waals surface area contributed by atoms with Gasteiger partial charge in [0.25, 0.3) is 5.91 Å². The van der Waals surface area contributed by atoms with Crippen LogP contribution in [0.25, 0.3) is 10.9 Å². The predicted molar refractivity (Wildman–Crippen MR) is 204 cm³/mol. The van der Waals surface area contributed by atoms with Gasteiger partial charge in [0.05, 0.1) is 29.1 Å². The second-order valence-corrected chi connectivity index (χ2v) is 20.1. The van der Waals surface area contributed by atoms with E-state index in [0.29, 0.717) is 73.8 Å². The maximum absolute atomic E-state index is 14.8. The Kier molecular flexibility index (Phi) is 9.83. The summed E-state index contributed by atoms with van der Waals surface area (Å²) in [6.07, 6.45) is 10.3. The molecule has 0 radical (unpaired) electrons.